The maximum Gasteiger partial charge on any atom is 0.357 e. The molecule has 0 saturated heterocycles. The van der Waals surface area contributed by atoms with E-state index in [1.807, 2.05) is 12.1 Å². The number of aliphatic hydroxyl groups is 1. The van der Waals surface area contributed by atoms with E-state index in [4.69, 9.17) is 30.5 Å². The Bertz CT molecular complexity index is 1480. The zero-order valence-corrected chi connectivity index (χ0v) is 22.7. The van der Waals surface area contributed by atoms with Gasteiger partial charge in [-0.2, -0.15) is 0 Å². The average molecular weight is 574 g/mol. The van der Waals surface area contributed by atoms with Crippen LogP contribution in [0.25, 0.3) is 0 Å². The van der Waals surface area contributed by atoms with E-state index in [0.29, 0.717) is 47.5 Å². The van der Waals surface area contributed by atoms with Gasteiger partial charge in [-0.25, -0.2) is 9.59 Å². The molecule has 4 aromatic carbocycles. The van der Waals surface area contributed by atoms with E-state index < -0.39 is 30.3 Å². The Balaban J connectivity index is 1.26. The number of carbonyl (C=O) groups is 2. The molecular formula is C32H28ClNO7. The number of hydrogen-bond donors (Lipinski definition) is 2. The standard InChI is InChI=1S/C32H28ClNO7/c33-23-9-7-8-22(19-23)26(35)20-34-17-16-21-14-15-27-28(18-21)41-30(32(37)39-25-12-5-2-6-13-25)29(40-27)31(36)38-24-10-3-1-4-11-24/h1-15,18-19,26,29-30,34-35H,16-17,20H2. The first kappa shape index (κ1) is 28.2. The summed E-state index contributed by atoms with van der Waals surface area (Å²) in [4.78, 5) is 26.3. The number of nitrogens with one attached hydrogen (secondary N) is 1. The smallest absolute Gasteiger partial charge is 0.357 e. The van der Waals surface area contributed by atoms with Gasteiger partial charge in [0, 0.05) is 11.6 Å². The van der Waals surface area contributed by atoms with Gasteiger partial charge in [-0.05, 0) is 72.6 Å². The summed E-state index contributed by atoms with van der Waals surface area (Å²) < 4.78 is 22.9. The molecule has 8 nitrogen and oxygen atoms in total. The zero-order chi connectivity index (χ0) is 28.6. The van der Waals surface area contributed by atoms with Crippen LogP contribution in [-0.4, -0.2) is 42.3 Å². The lowest BCUT2D eigenvalue weighted by Crippen LogP contribution is -2.52. The van der Waals surface area contributed by atoms with Crippen LogP contribution in [0.1, 0.15) is 17.2 Å². The van der Waals surface area contributed by atoms with Crippen LogP contribution in [0.3, 0.4) is 0 Å². The number of hydrogen-bond acceptors (Lipinski definition) is 8. The highest BCUT2D eigenvalue weighted by molar-refractivity contribution is 6.30. The van der Waals surface area contributed by atoms with Gasteiger partial charge in [-0.3, -0.25) is 0 Å². The number of halogens is 1. The molecule has 0 saturated carbocycles. The predicted octanol–water partition coefficient (Wildman–Crippen LogP) is 4.93. The van der Waals surface area contributed by atoms with Gasteiger partial charge in [-0.1, -0.05) is 66.2 Å². The van der Waals surface area contributed by atoms with E-state index >= 15 is 0 Å². The maximum absolute atomic E-state index is 13.2. The topological polar surface area (TPSA) is 103 Å². The molecule has 0 spiro atoms. The Labute approximate surface area is 242 Å². The number of fused-ring (bicyclic) bond motifs is 1. The Morgan fingerprint density at radius 3 is 2.00 bits per heavy atom. The van der Waals surface area contributed by atoms with Crippen LogP contribution in [0.15, 0.2) is 103 Å². The summed E-state index contributed by atoms with van der Waals surface area (Å²) in [6, 6.07) is 29.4. The molecule has 4 aromatic rings. The van der Waals surface area contributed by atoms with E-state index in [0.717, 1.165) is 11.1 Å². The van der Waals surface area contributed by atoms with Crippen molar-refractivity contribution in [1.29, 1.82) is 0 Å². The summed E-state index contributed by atoms with van der Waals surface area (Å²) in [5.41, 5.74) is 1.63. The molecule has 0 fully saturated rings. The van der Waals surface area contributed by atoms with Crippen LogP contribution in [0.4, 0.5) is 0 Å². The predicted molar refractivity (Wildman–Crippen MR) is 152 cm³/mol. The summed E-state index contributed by atoms with van der Waals surface area (Å²) in [6.45, 7) is 0.923. The second-order valence-corrected chi connectivity index (χ2v) is 9.79. The van der Waals surface area contributed by atoms with E-state index in [1.54, 1.807) is 91.0 Å². The first-order valence-corrected chi connectivity index (χ1v) is 13.5. The third-order valence-electron chi connectivity index (χ3n) is 6.34. The van der Waals surface area contributed by atoms with Crippen molar-refractivity contribution in [3.8, 4) is 23.0 Å². The number of ether oxygens (including phenoxy) is 4. The van der Waals surface area contributed by atoms with E-state index in [-0.39, 0.29) is 0 Å². The zero-order valence-electron chi connectivity index (χ0n) is 21.9. The molecule has 41 heavy (non-hydrogen) atoms. The van der Waals surface area contributed by atoms with Crippen LogP contribution >= 0.6 is 11.6 Å². The number of carbonyl (C=O) groups excluding carboxylic acids is 2. The third-order valence-corrected chi connectivity index (χ3v) is 6.58. The van der Waals surface area contributed by atoms with Gasteiger partial charge >= 0.3 is 11.9 Å². The Kier molecular flexibility index (Phi) is 9.15. The normalized spacial score (nSPS) is 16.4. The van der Waals surface area contributed by atoms with Crippen molar-refractivity contribution in [3.05, 3.63) is 119 Å². The molecular weight excluding hydrogens is 546 g/mol. The average Bonchev–Trinajstić information content (AvgIpc) is 2.99. The fourth-order valence-electron chi connectivity index (χ4n) is 4.27. The van der Waals surface area contributed by atoms with E-state index in [2.05, 4.69) is 5.32 Å². The molecule has 0 aliphatic carbocycles. The molecule has 0 amide bonds. The van der Waals surface area contributed by atoms with Crippen LogP contribution < -0.4 is 24.3 Å². The van der Waals surface area contributed by atoms with E-state index in [1.165, 1.54) is 0 Å². The van der Waals surface area contributed by atoms with Crippen molar-refractivity contribution < 1.29 is 33.6 Å². The van der Waals surface area contributed by atoms with Crippen molar-refractivity contribution in [2.24, 2.45) is 0 Å². The molecule has 1 aliphatic rings. The maximum atomic E-state index is 13.2. The van der Waals surface area contributed by atoms with Gasteiger partial charge in [-0.15, -0.1) is 0 Å². The van der Waals surface area contributed by atoms with Crippen molar-refractivity contribution in [2.75, 3.05) is 13.1 Å². The number of para-hydroxylation sites is 2. The van der Waals surface area contributed by atoms with Crippen molar-refractivity contribution in [3.63, 3.8) is 0 Å². The van der Waals surface area contributed by atoms with Gasteiger partial charge < -0.3 is 29.4 Å². The number of rotatable bonds is 10. The number of aliphatic hydroxyl groups excluding tert-OH is 1. The van der Waals surface area contributed by atoms with Crippen molar-refractivity contribution in [1.82, 2.24) is 5.32 Å². The molecule has 0 radical (unpaired) electrons. The van der Waals surface area contributed by atoms with E-state index in [9.17, 15) is 14.7 Å². The monoisotopic (exact) mass is 573 g/mol. The largest absolute Gasteiger partial charge is 0.470 e. The van der Waals surface area contributed by atoms with Crippen LogP contribution in [0.2, 0.25) is 5.02 Å². The minimum atomic E-state index is -1.40. The molecule has 210 valence electrons. The third kappa shape index (κ3) is 7.43. The first-order valence-electron chi connectivity index (χ1n) is 13.1. The van der Waals surface area contributed by atoms with Crippen LogP contribution in [0.5, 0.6) is 23.0 Å². The minimum absolute atomic E-state index is 0.303. The Morgan fingerprint density at radius 1 is 0.780 bits per heavy atom. The summed E-state index contributed by atoms with van der Waals surface area (Å²) in [5, 5.41) is 14.2. The molecule has 1 heterocycles. The molecule has 0 aromatic heterocycles. The van der Waals surface area contributed by atoms with Gasteiger partial charge in [0.2, 0.25) is 12.2 Å². The quantitative estimate of drug-likeness (QED) is 0.156. The van der Waals surface area contributed by atoms with Crippen LogP contribution in [0, 0.1) is 0 Å². The highest BCUT2D eigenvalue weighted by Gasteiger charge is 2.44. The van der Waals surface area contributed by atoms with Gasteiger partial charge in [0.15, 0.2) is 11.5 Å². The molecule has 3 atom stereocenters. The highest BCUT2D eigenvalue weighted by atomic mass is 35.5. The number of benzene rings is 4. The van der Waals surface area contributed by atoms with Crippen LogP contribution in [-0.2, 0) is 16.0 Å². The molecule has 9 heteroatoms. The second kappa shape index (κ2) is 13.3. The first-order chi connectivity index (χ1) is 20.0. The summed E-state index contributed by atoms with van der Waals surface area (Å²) in [5.74, 6) is -0.355. The van der Waals surface area contributed by atoms with Gasteiger partial charge in [0.05, 0.1) is 6.10 Å². The van der Waals surface area contributed by atoms with Gasteiger partial charge in [0.1, 0.15) is 11.5 Å². The summed E-state index contributed by atoms with van der Waals surface area (Å²) >= 11 is 6.01. The van der Waals surface area contributed by atoms with Crippen molar-refractivity contribution >= 4 is 23.5 Å². The Morgan fingerprint density at radius 2 is 1.39 bits per heavy atom. The van der Waals surface area contributed by atoms with Gasteiger partial charge in [0.25, 0.3) is 0 Å². The highest BCUT2D eigenvalue weighted by Crippen LogP contribution is 2.36. The van der Waals surface area contributed by atoms with Crippen molar-refractivity contribution in [2.45, 2.75) is 24.7 Å². The lowest BCUT2D eigenvalue weighted by molar-refractivity contribution is -0.161. The lowest BCUT2D eigenvalue weighted by Gasteiger charge is -2.31. The second-order valence-electron chi connectivity index (χ2n) is 9.35. The fraction of sp³-hybridized carbons (Fsp3) is 0.188. The molecule has 2 N–H and O–H groups in total. The summed E-state index contributed by atoms with van der Waals surface area (Å²) in [6.07, 6.45) is -2.88. The minimum Gasteiger partial charge on any atom is -0.470 e. The summed E-state index contributed by atoms with van der Waals surface area (Å²) in [7, 11) is 0. The molecule has 5 rings (SSSR count). The molecule has 3 unspecified atom stereocenters. The fourth-order valence-corrected chi connectivity index (χ4v) is 4.47. The number of esters is 2. The molecule has 0 bridgehead atoms. The SMILES string of the molecule is O=C(Oc1ccccc1)C1Oc2ccc(CCNCC(O)c3cccc(Cl)c3)cc2OC1C(=O)Oc1ccccc1. The lowest BCUT2D eigenvalue weighted by atomic mass is 10.1. The Hall–Kier alpha value is -4.37. The molecule has 1 aliphatic heterocycles.